The predicted octanol–water partition coefficient (Wildman–Crippen LogP) is 1.13. The Bertz CT molecular complexity index is 712. The van der Waals surface area contributed by atoms with Crippen LogP contribution in [0.5, 0.6) is 0 Å². The molecule has 0 unspecified atom stereocenters. The van der Waals surface area contributed by atoms with Crippen LogP contribution < -0.4 is 4.90 Å². The summed E-state index contributed by atoms with van der Waals surface area (Å²) in [7, 11) is 0. The first kappa shape index (κ1) is 16.1. The van der Waals surface area contributed by atoms with E-state index in [1.165, 1.54) is 12.1 Å². The number of piperazine rings is 1. The number of amides is 1. The van der Waals surface area contributed by atoms with Crippen molar-refractivity contribution in [3.05, 3.63) is 42.2 Å². The summed E-state index contributed by atoms with van der Waals surface area (Å²) < 4.78 is 18.6. The molecule has 25 heavy (non-hydrogen) atoms. The van der Waals surface area contributed by atoms with E-state index in [1.54, 1.807) is 29.2 Å². The maximum Gasteiger partial charge on any atom is 0.310 e. The summed E-state index contributed by atoms with van der Waals surface area (Å²) in [5, 5.41) is 9.44. The van der Waals surface area contributed by atoms with Crippen LogP contribution >= 0.6 is 0 Å². The highest BCUT2D eigenvalue weighted by Crippen LogP contribution is 2.40. The van der Waals surface area contributed by atoms with Crippen LogP contribution in [0.3, 0.4) is 0 Å². The van der Waals surface area contributed by atoms with Crippen LogP contribution in [-0.2, 0) is 14.3 Å². The van der Waals surface area contributed by atoms with Crippen molar-refractivity contribution in [2.24, 2.45) is 11.8 Å². The highest BCUT2D eigenvalue weighted by atomic mass is 19.1. The van der Waals surface area contributed by atoms with E-state index in [2.05, 4.69) is 4.90 Å². The van der Waals surface area contributed by atoms with E-state index in [-0.39, 0.29) is 11.7 Å². The van der Waals surface area contributed by atoms with Gasteiger partial charge in [-0.05, 0) is 24.3 Å². The number of hydrogen-bond donors (Lipinski definition) is 1. The monoisotopic (exact) mass is 346 g/mol. The minimum absolute atomic E-state index is 0.150. The number of halogens is 1. The zero-order valence-electron chi connectivity index (χ0n) is 13.5. The SMILES string of the molecule is O=C(O)[C@H]1[C@H](C(=O)N2CCN(c3ccc(F)cc3)CC2)[C@H]2C=C[C@H]1O2. The third kappa shape index (κ3) is 2.78. The molecule has 132 valence electrons. The summed E-state index contributed by atoms with van der Waals surface area (Å²) in [4.78, 5) is 28.2. The number of benzene rings is 1. The van der Waals surface area contributed by atoms with Crippen molar-refractivity contribution in [3.63, 3.8) is 0 Å². The Morgan fingerprint density at radius 1 is 1.00 bits per heavy atom. The van der Waals surface area contributed by atoms with Gasteiger partial charge in [-0.25, -0.2) is 4.39 Å². The van der Waals surface area contributed by atoms with Gasteiger partial charge in [0, 0.05) is 31.9 Å². The van der Waals surface area contributed by atoms with Gasteiger partial charge in [-0.15, -0.1) is 0 Å². The lowest BCUT2D eigenvalue weighted by Gasteiger charge is -2.38. The fourth-order valence-corrected chi connectivity index (χ4v) is 3.94. The molecule has 6 nitrogen and oxygen atoms in total. The predicted molar refractivity (Wildman–Crippen MR) is 87.6 cm³/mol. The van der Waals surface area contributed by atoms with Gasteiger partial charge in [-0.2, -0.15) is 0 Å². The highest BCUT2D eigenvalue weighted by molar-refractivity contribution is 5.87. The molecule has 0 radical (unpaired) electrons. The van der Waals surface area contributed by atoms with Crippen LogP contribution in [0, 0.1) is 17.7 Å². The molecule has 3 heterocycles. The third-order valence-electron chi connectivity index (χ3n) is 5.25. The number of carboxylic acid groups (broad SMARTS) is 1. The summed E-state index contributed by atoms with van der Waals surface area (Å²) >= 11 is 0. The smallest absolute Gasteiger partial charge is 0.310 e. The number of hydrogen-bond acceptors (Lipinski definition) is 4. The summed E-state index contributed by atoms with van der Waals surface area (Å²) in [5.74, 6) is -2.87. The zero-order valence-corrected chi connectivity index (χ0v) is 13.5. The van der Waals surface area contributed by atoms with E-state index in [0.29, 0.717) is 26.2 Å². The fraction of sp³-hybridized carbons (Fsp3) is 0.444. The Kier molecular flexibility index (Phi) is 3.95. The van der Waals surface area contributed by atoms with Crippen molar-refractivity contribution in [1.82, 2.24) is 4.90 Å². The van der Waals surface area contributed by atoms with E-state index in [0.717, 1.165) is 5.69 Å². The molecule has 3 aliphatic heterocycles. The van der Waals surface area contributed by atoms with Crippen LogP contribution in [0.4, 0.5) is 10.1 Å². The van der Waals surface area contributed by atoms with Crippen molar-refractivity contribution < 1.29 is 23.8 Å². The van der Waals surface area contributed by atoms with Crippen molar-refractivity contribution >= 4 is 17.6 Å². The number of fused-ring (bicyclic) bond motifs is 2. The molecular weight excluding hydrogens is 327 g/mol. The number of aliphatic carboxylic acids is 1. The molecule has 2 fully saturated rings. The molecule has 0 aliphatic carbocycles. The van der Waals surface area contributed by atoms with Gasteiger partial charge in [0.05, 0.1) is 18.1 Å². The molecule has 1 amide bonds. The first-order valence-electron chi connectivity index (χ1n) is 8.40. The van der Waals surface area contributed by atoms with Crippen LogP contribution in [0.15, 0.2) is 36.4 Å². The lowest BCUT2D eigenvalue weighted by molar-refractivity contribution is -0.149. The average molecular weight is 346 g/mol. The molecule has 0 saturated carbocycles. The van der Waals surface area contributed by atoms with Crippen LogP contribution in [-0.4, -0.2) is 60.3 Å². The first-order chi connectivity index (χ1) is 12.0. The number of ether oxygens (including phenoxy) is 1. The molecule has 0 aromatic heterocycles. The van der Waals surface area contributed by atoms with Gasteiger partial charge in [0.1, 0.15) is 11.7 Å². The molecule has 1 aromatic carbocycles. The number of carboxylic acids is 1. The minimum atomic E-state index is -0.986. The maximum atomic E-state index is 13.0. The Balaban J connectivity index is 1.42. The summed E-state index contributed by atoms with van der Waals surface area (Å²) in [6.07, 6.45) is 2.59. The molecule has 2 saturated heterocycles. The van der Waals surface area contributed by atoms with Crippen LogP contribution in [0.2, 0.25) is 0 Å². The molecule has 4 atom stereocenters. The molecule has 4 rings (SSSR count). The average Bonchev–Trinajstić information content (AvgIpc) is 3.23. The first-order valence-corrected chi connectivity index (χ1v) is 8.40. The Hall–Kier alpha value is -2.41. The van der Waals surface area contributed by atoms with Crippen LogP contribution in [0.25, 0.3) is 0 Å². The zero-order chi connectivity index (χ0) is 17.6. The van der Waals surface area contributed by atoms with Gasteiger partial charge < -0.3 is 19.6 Å². The molecular formula is C18H19FN2O4. The normalized spacial score (nSPS) is 30.8. The Labute approximate surface area is 144 Å². The molecule has 2 bridgehead atoms. The van der Waals surface area contributed by atoms with E-state index in [1.807, 2.05) is 0 Å². The molecule has 7 heteroatoms. The molecule has 3 aliphatic rings. The van der Waals surface area contributed by atoms with Gasteiger partial charge in [0.15, 0.2) is 0 Å². The fourth-order valence-electron chi connectivity index (χ4n) is 3.94. The summed E-state index contributed by atoms with van der Waals surface area (Å²) in [6.45, 7) is 2.29. The lowest BCUT2D eigenvalue weighted by atomic mass is 9.82. The van der Waals surface area contributed by atoms with Gasteiger partial charge in [-0.3, -0.25) is 9.59 Å². The number of nitrogens with zero attached hydrogens (tertiary/aromatic N) is 2. The minimum Gasteiger partial charge on any atom is -0.481 e. The van der Waals surface area contributed by atoms with E-state index in [9.17, 15) is 19.1 Å². The molecule has 0 spiro atoms. The molecule has 1 aromatic rings. The molecule has 1 N–H and O–H groups in total. The second-order valence-electron chi connectivity index (χ2n) is 6.63. The number of anilines is 1. The van der Waals surface area contributed by atoms with Gasteiger partial charge in [0.25, 0.3) is 0 Å². The quantitative estimate of drug-likeness (QED) is 0.831. The second-order valence-corrected chi connectivity index (χ2v) is 6.63. The summed E-state index contributed by atoms with van der Waals surface area (Å²) in [6, 6.07) is 6.29. The topological polar surface area (TPSA) is 70.1 Å². The van der Waals surface area contributed by atoms with Crippen LogP contribution in [0.1, 0.15) is 0 Å². The van der Waals surface area contributed by atoms with Gasteiger partial charge >= 0.3 is 5.97 Å². The van der Waals surface area contributed by atoms with Crippen molar-refractivity contribution in [1.29, 1.82) is 0 Å². The highest BCUT2D eigenvalue weighted by Gasteiger charge is 2.54. The van der Waals surface area contributed by atoms with E-state index >= 15 is 0 Å². The third-order valence-corrected chi connectivity index (χ3v) is 5.25. The second kappa shape index (κ2) is 6.15. The number of carbonyl (C=O) groups excluding carboxylic acids is 1. The van der Waals surface area contributed by atoms with E-state index in [4.69, 9.17) is 4.74 Å². The summed E-state index contributed by atoms with van der Waals surface area (Å²) in [5.41, 5.74) is 0.920. The Morgan fingerprint density at radius 2 is 1.60 bits per heavy atom. The van der Waals surface area contributed by atoms with Crippen molar-refractivity contribution in [3.8, 4) is 0 Å². The maximum absolute atomic E-state index is 13.0. The van der Waals surface area contributed by atoms with E-state index < -0.39 is 30.0 Å². The number of rotatable bonds is 3. The Morgan fingerprint density at radius 3 is 2.20 bits per heavy atom. The van der Waals surface area contributed by atoms with Gasteiger partial charge in [0.2, 0.25) is 5.91 Å². The van der Waals surface area contributed by atoms with Gasteiger partial charge in [-0.1, -0.05) is 12.2 Å². The van der Waals surface area contributed by atoms with Crippen molar-refractivity contribution in [2.45, 2.75) is 12.2 Å². The van der Waals surface area contributed by atoms with Crippen molar-refractivity contribution in [2.75, 3.05) is 31.1 Å². The lowest BCUT2D eigenvalue weighted by Crippen LogP contribution is -2.53. The number of carbonyl (C=O) groups is 2. The largest absolute Gasteiger partial charge is 0.481 e. The standard InChI is InChI=1S/C18H19FN2O4/c19-11-1-3-12(4-2-11)20-7-9-21(10-8-20)17(22)15-13-5-6-14(25-13)16(15)18(23)24/h1-6,13-16H,7-10H2,(H,23,24)/t13-,14-,15-,16-/m1/s1.